The fourth-order valence-corrected chi connectivity index (χ4v) is 5.08. The molecule has 2 fully saturated rings. The van der Waals surface area contributed by atoms with E-state index in [-0.39, 0.29) is 30.8 Å². The zero-order valence-corrected chi connectivity index (χ0v) is 20.8. The molecule has 0 atom stereocenters. The lowest BCUT2D eigenvalue weighted by molar-refractivity contribution is 0.0945. The summed E-state index contributed by atoms with van der Waals surface area (Å²) in [6.45, 7) is 4.87. The van der Waals surface area contributed by atoms with Crippen LogP contribution < -0.4 is 20.9 Å². The topological polar surface area (TPSA) is 112 Å². The molecule has 2 aromatic carbocycles. The van der Waals surface area contributed by atoms with Crippen LogP contribution in [0.1, 0.15) is 40.2 Å². The molecule has 4 N–H and O–H groups in total. The van der Waals surface area contributed by atoms with Crippen LogP contribution in [0.2, 0.25) is 0 Å². The Bertz CT molecular complexity index is 1240. The summed E-state index contributed by atoms with van der Waals surface area (Å²) in [6.07, 6.45) is 3.51. The normalized spacial score (nSPS) is 16.6. The van der Waals surface area contributed by atoms with Gasteiger partial charge in [-0.25, -0.2) is 9.37 Å². The molecule has 37 heavy (non-hydrogen) atoms. The van der Waals surface area contributed by atoms with E-state index in [9.17, 15) is 4.79 Å². The van der Waals surface area contributed by atoms with Crippen molar-refractivity contribution in [3.63, 3.8) is 0 Å². The molecule has 2 aliphatic heterocycles. The summed E-state index contributed by atoms with van der Waals surface area (Å²) >= 11 is 0. The number of carbonyl (C=O) groups excluding carboxylic acids is 1. The fraction of sp³-hybridized carbons (Fsp3) is 0.444. The van der Waals surface area contributed by atoms with Gasteiger partial charge in [-0.2, -0.15) is 0 Å². The quantitative estimate of drug-likeness (QED) is 0.367. The van der Waals surface area contributed by atoms with Gasteiger partial charge in [-0.3, -0.25) is 9.78 Å². The zero-order valence-electron chi connectivity index (χ0n) is 20.8. The molecule has 0 aliphatic carbocycles. The minimum absolute atomic E-state index is 0.147. The van der Waals surface area contributed by atoms with E-state index in [1.165, 1.54) is 6.07 Å². The van der Waals surface area contributed by atoms with Gasteiger partial charge in [0.05, 0.1) is 37.2 Å². The summed E-state index contributed by atoms with van der Waals surface area (Å²) in [5, 5.41) is 18.6. The number of carbonyl (C=O) groups is 1. The third kappa shape index (κ3) is 5.82. The maximum absolute atomic E-state index is 15.0. The third-order valence-corrected chi connectivity index (χ3v) is 6.99. The zero-order chi connectivity index (χ0) is 25.6. The molecule has 196 valence electrons. The maximum Gasteiger partial charge on any atom is 0.251 e. The van der Waals surface area contributed by atoms with E-state index in [1.54, 1.807) is 24.4 Å². The smallest absolute Gasteiger partial charge is 0.251 e. The van der Waals surface area contributed by atoms with Crippen LogP contribution in [0.25, 0.3) is 11.0 Å². The molecule has 3 heterocycles. The summed E-state index contributed by atoms with van der Waals surface area (Å²) in [5.74, 6) is 0.429. The van der Waals surface area contributed by atoms with Crippen molar-refractivity contribution < 1.29 is 19.0 Å². The van der Waals surface area contributed by atoms with Crippen molar-refractivity contribution in [3.8, 4) is 0 Å². The second kappa shape index (κ2) is 11.8. The van der Waals surface area contributed by atoms with Crippen LogP contribution in [0.5, 0.6) is 0 Å². The standard InChI is InChI=1S/C27H33FN6O3/c28-21-3-1-2-19(25(21)18-4-6-29-7-5-18)16-31-22-14-20(27(36)30-8-11-35)15-23-26(22)33-24(17-32-23)34-9-12-37-13-10-34/h1-3,14-15,17-18,29,31,35H,4-13,16H2,(H,30,36). The SMILES string of the molecule is O=C(NCCO)c1cc(NCc2cccc(F)c2C2CCNCC2)c2nc(N3CCOCC3)cnc2c1. The fourth-order valence-electron chi connectivity index (χ4n) is 5.08. The number of piperidine rings is 1. The number of morpholine rings is 1. The highest BCUT2D eigenvalue weighted by molar-refractivity contribution is 6.01. The number of hydrogen-bond donors (Lipinski definition) is 4. The Morgan fingerprint density at radius 3 is 2.81 bits per heavy atom. The summed E-state index contributed by atoms with van der Waals surface area (Å²) in [5.41, 5.74) is 3.94. The summed E-state index contributed by atoms with van der Waals surface area (Å²) in [6, 6.07) is 8.67. The van der Waals surface area contributed by atoms with Crippen molar-refractivity contribution in [1.29, 1.82) is 0 Å². The maximum atomic E-state index is 15.0. The lowest BCUT2D eigenvalue weighted by Gasteiger charge is -2.28. The number of nitrogens with zero attached hydrogens (tertiary/aromatic N) is 3. The number of amides is 1. The molecule has 0 bridgehead atoms. The average Bonchev–Trinajstić information content (AvgIpc) is 2.95. The third-order valence-electron chi connectivity index (χ3n) is 6.99. The van der Waals surface area contributed by atoms with Gasteiger partial charge in [0.2, 0.25) is 0 Å². The predicted octanol–water partition coefficient (Wildman–Crippen LogP) is 2.41. The first-order valence-corrected chi connectivity index (χ1v) is 12.9. The Morgan fingerprint density at radius 1 is 1.22 bits per heavy atom. The van der Waals surface area contributed by atoms with Crippen molar-refractivity contribution >= 4 is 28.4 Å². The van der Waals surface area contributed by atoms with Gasteiger partial charge in [-0.05, 0) is 61.2 Å². The molecular formula is C27H33FN6O3. The van der Waals surface area contributed by atoms with Crippen LogP contribution in [0.15, 0.2) is 36.5 Å². The molecule has 3 aromatic rings. The number of aliphatic hydroxyl groups is 1. The number of hydrogen-bond acceptors (Lipinski definition) is 8. The molecule has 1 amide bonds. The number of benzene rings is 2. The van der Waals surface area contributed by atoms with Gasteiger partial charge in [-0.15, -0.1) is 0 Å². The number of aliphatic hydroxyl groups excluding tert-OH is 1. The van der Waals surface area contributed by atoms with Gasteiger partial charge >= 0.3 is 0 Å². The second-order valence-electron chi connectivity index (χ2n) is 9.39. The average molecular weight is 509 g/mol. The van der Waals surface area contributed by atoms with Crippen LogP contribution in [0.4, 0.5) is 15.9 Å². The molecule has 0 saturated carbocycles. The number of fused-ring (bicyclic) bond motifs is 1. The largest absolute Gasteiger partial charge is 0.395 e. The lowest BCUT2D eigenvalue weighted by atomic mass is 9.86. The first-order valence-electron chi connectivity index (χ1n) is 12.9. The number of halogens is 1. The molecule has 9 nitrogen and oxygen atoms in total. The number of rotatable bonds is 8. The molecule has 2 saturated heterocycles. The Balaban J connectivity index is 1.49. The van der Waals surface area contributed by atoms with E-state index in [2.05, 4.69) is 25.8 Å². The highest BCUT2D eigenvalue weighted by Gasteiger charge is 2.22. The van der Waals surface area contributed by atoms with Crippen molar-refractivity contribution in [2.24, 2.45) is 0 Å². The molecule has 0 spiro atoms. The van der Waals surface area contributed by atoms with Crippen molar-refractivity contribution in [3.05, 3.63) is 59.0 Å². The number of nitrogens with one attached hydrogen (secondary N) is 3. The molecule has 1 aromatic heterocycles. The summed E-state index contributed by atoms with van der Waals surface area (Å²) in [7, 11) is 0. The van der Waals surface area contributed by atoms with Gasteiger partial charge in [0, 0.05) is 31.7 Å². The minimum Gasteiger partial charge on any atom is -0.395 e. The van der Waals surface area contributed by atoms with E-state index in [0.717, 1.165) is 56.0 Å². The molecule has 10 heteroatoms. The van der Waals surface area contributed by atoms with Crippen LogP contribution in [0, 0.1) is 5.82 Å². The summed E-state index contributed by atoms with van der Waals surface area (Å²) in [4.78, 5) is 24.4. The monoisotopic (exact) mass is 508 g/mol. The Labute approximate surface area is 215 Å². The minimum atomic E-state index is -0.306. The molecule has 0 radical (unpaired) electrons. The van der Waals surface area contributed by atoms with Crippen LogP contribution >= 0.6 is 0 Å². The van der Waals surface area contributed by atoms with Crippen LogP contribution in [0.3, 0.4) is 0 Å². The number of aromatic nitrogens is 2. The first-order chi connectivity index (χ1) is 18.1. The second-order valence-corrected chi connectivity index (χ2v) is 9.39. The number of anilines is 2. The van der Waals surface area contributed by atoms with Crippen molar-refractivity contribution in [2.75, 3.05) is 62.8 Å². The Hall–Kier alpha value is -3.34. The van der Waals surface area contributed by atoms with Crippen LogP contribution in [-0.4, -0.2) is 73.5 Å². The van der Waals surface area contributed by atoms with Gasteiger partial charge in [0.25, 0.3) is 5.91 Å². The van der Waals surface area contributed by atoms with E-state index in [1.807, 2.05) is 6.07 Å². The predicted molar refractivity (Wildman–Crippen MR) is 141 cm³/mol. The molecule has 5 rings (SSSR count). The van der Waals surface area contributed by atoms with E-state index in [4.69, 9.17) is 14.8 Å². The Kier molecular flexibility index (Phi) is 8.08. The van der Waals surface area contributed by atoms with Gasteiger partial charge in [-0.1, -0.05) is 12.1 Å². The highest BCUT2D eigenvalue weighted by Crippen LogP contribution is 2.32. The van der Waals surface area contributed by atoms with E-state index in [0.29, 0.717) is 42.0 Å². The van der Waals surface area contributed by atoms with Gasteiger partial charge < -0.3 is 30.7 Å². The Morgan fingerprint density at radius 2 is 2.03 bits per heavy atom. The first kappa shape index (κ1) is 25.3. The summed E-state index contributed by atoms with van der Waals surface area (Å²) < 4.78 is 20.5. The molecular weight excluding hydrogens is 475 g/mol. The molecule has 2 aliphatic rings. The molecule has 0 unspecified atom stereocenters. The van der Waals surface area contributed by atoms with Crippen LogP contribution in [-0.2, 0) is 11.3 Å². The van der Waals surface area contributed by atoms with E-state index >= 15 is 4.39 Å². The lowest BCUT2D eigenvalue weighted by Crippen LogP contribution is -2.36. The van der Waals surface area contributed by atoms with E-state index < -0.39 is 0 Å². The van der Waals surface area contributed by atoms with Crippen molar-refractivity contribution in [1.82, 2.24) is 20.6 Å². The van der Waals surface area contributed by atoms with Crippen molar-refractivity contribution in [2.45, 2.75) is 25.3 Å². The highest BCUT2D eigenvalue weighted by atomic mass is 19.1. The number of ether oxygens (including phenoxy) is 1. The van der Waals surface area contributed by atoms with Gasteiger partial charge in [0.15, 0.2) is 0 Å². The van der Waals surface area contributed by atoms with Gasteiger partial charge in [0.1, 0.15) is 17.2 Å².